The van der Waals surface area contributed by atoms with Gasteiger partial charge in [0.15, 0.2) is 0 Å². The lowest BCUT2D eigenvalue weighted by molar-refractivity contribution is 0.241. The van der Waals surface area contributed by atoms with Gasteiger partial charge in [0.1, 0.15) is 5.82 Å². The summed E-state index contributed by atoms with van der Waals surface area (Å²) in [5.74, 6) is 0.811. The number of fused-ring (bicyclic) bond motifs is 1. The van der Waals surface area contributed by atoms with Gasteiger partial charge >= 0.3 is 0 Å². The summed E-state index contributed by atoms with van der Waals surface area (Å²) in [5, 5.41) is 7.33. The van der Waals surface area contributed by atoms with Gasteiger partial charge in [-0.15, -0.1) is 0 Å². The number of aryl methyl sites for hydroxylation is 1. The van der Waals surface area contributed by atoms with E-state index in [0.717, 1.165) is 66.3 Å². The maximum atomic E-state index is 12.5. The standard InChI is InChI=1S/C20H23N5O/c1-2-6-18-22-17-9-10-25(13-16(17)20(26)23-18)12-15-11-21-24-19(15)14-7-4-3-5-8-14/h3-5,7-8,11H,2,6,9-10,12-13H2,1H3,(H,21,24)(H,22,23,26). The summed E-state index contributed by atoms with van der Waals surface area (Å²) < 4.78 is 0. The number of aromatic amines is 2. The Hall–Kier alpha value is -2.73. The molecule has 6 nitrogen and oxygen atoms in total. The minimum Gasteiger partial charge on any atom is -0.310 e. The zero-order valence-corrected chi connectivity index (χ0v) is 15.0. The molecule has 0 atom stereocenters. The van der Waals surface area contributed by atoms with E-state index in [0.29, 0.717) is 6.54 Å². The van der Waals surface area contributed by atoms with E-state index < -0.39 is 0 Å². The quantitative estimate of drug-likeness (QED) is 0.742. The Morgan fingerprint density at radius 3 is 2.88 bits per heavy atom. The second kappa shape index (κ2) is 7.25. The van der Waals surface area contributed by atoms with Gasteiger partial charge in [-0.1, -0.05) is 37.3 Å². The average Bonchev–Trinajstić information content (AvgIpc) is 3.11. The van der Waals surface area contributed by atoms with Gasteiger partial charge in [-0.3, -0.25) is 14.8 Å². The first-order valence-electron chi connectivity index (χ1n) is 9.15. The molecular formula is C20H23N5O. The van der Waals surface area contributed by atoms with Gasteiger partial charge < -0.3 is 4.98 Å². The molecule has 2 N–H and O–H groups in total. The lowest BCUT2D eigenvalue weighted by atomic mass is 10.0. The second-order valence-electron chi connectivity index (χ2n) is 6.78. The number of hydrogen-bond acceptors (Lipinski definition) is 4. The molecule has 1 aliphatic heterocycles. The Morgan fingerprint density at radius 1 is 1.23 bits per heavy atom. The van der Waals surface area contributed by atoms with E-state index in [1.165, 1.54) is 0 Å². The van der Waals surface area contributed by atoms with Crippen LogP contribution in [-0.4, -0.2) is 31.6 Å². The maximum absolute atomic E-state index is 12.5. The summed E-state index contributed by atoms with van der Waals surface area (Å²) in [6, 6.07) is 10.2. The number of rotatable bonds is 5. The molecule has 0 fully saturated rings. The zero-order valence-electron chi connectivity index (χ0n) is 15.0. The van der Waals surface area contributed by atoms with Crippen molar-refractivity contribution in [2.24, 2.45) is 0 Å². The van der Waals surface area contributed by atoms with Crippen molar-refractivity contribution in [2.75, 3.05) is 6.54 Å². The molecule has 1 aromatic carbocycles. The predicted molar refractivity (Wildman–Crippen MR) is 101 cm³/mol. The highest BCUT2D eigenvalue weighted by Gasteiger charge is 2.22. The Bertz CT molecular complexity index is 944. The van der Waals surface area contributed by atoms with Crippen molar-refractivity contribution in [1.29, 1.82) is 0 Å². The normalized spacial score (nSPS) is 14.3. The molecule has 3 heterocycles. The molecule has 0 unspecified atom stereocenters. The van der Waals surface area contributed by atoms with E-state index in [2.05, 4.69) is 44.1 Å². The fraction of sp³-hybridized carbons (Fsp3) is 0.350. The van der Waals surface area contributed by atoms with Crippen molar-refractivity contribution < 1.29 is 0 Å². The van der Waals surface area contributed by atoms with Crippen LogP contribution in [0.25, 0.3) is 11.3 Å². The van der Waals surface area contributed by atoms with Crippen molar-refractivity contribution in [2.45, 2.75) is 39.3 Å². The minimum atomic E-state index is 0.0126. The van der Waals surface area contributed by atoms with Gasteiger partial charge in [-0.2, -0.15) is 5.10 Å². The van der Waals surface area contributed by atoms with E-state index in [1.54, 1.807) is 0 Å². The monoisotopic (exact) mass is 349 g/mol. The third-order valence-corrected chi connectivity index (χ3v) is 4.86. The molecule has 0 amide bonds. The SMILES string of the molecule is CCCc1nc2c(c(=O)[nH]1)CN(Cc1cn[nH]c1-c1ccccc1)CC2. The maximum Gasteiger partial charge on any atom is 0.255 e. The fourth-order valence-electron chi connectivity index (χ4n) is 3.55. The van der Waals surface area contributed by atoms with Crippen LogP contribution in [0.1, 0.15) is 36.0 Å². The number of nitrogens with zero attached hydrogens (tertiary/aromatic N) is 3. The molecule has 0 bridgehead atoms. The van der Waals surface area contributed by atoms with Gasteiger partial charge in [-0.25, -0.2) is 4.98 Å². The molecule has 1 aliphatic rings. The highest BCUT2D eigenvalue weighted by atomic mass is 16.1. The summed E-state index contributed by atoms with van der Waals surface area (Å²) in [6.45, 7) is 4.38. The summed E-state index contributed by atoms with van der Waals surface area (Å²) >= 11 is 0. The molecule has 0 saturated carbocycles. The zero-order chi connectivity index (χ0) is 17.9. The molecule has 134 valence electrons. The summed E-state index contributed by atoms with van der Waals surface area (Å²) in [6.07, 6.45) is 4.50. The Labute approximate surface area is 152 Å². The molecule has 26 heavy (non-hydrogen) atoms. The molecule has 6 heteroatoms. The number of benzene rings is 1. The first-order valence-corrected chi connectivity index (χ1v) is 9.15. The van der Waals surface area contributed by atoms with Crippen LogP contribution in [0.4, 0.5) is 0 Å². The van der Waals surface area contributed by atoms with Crippen LogP contribution in [0.5, 0.6) is 0 Å². The number of H-pyrrole nitrogens is 2. The third-order valence-electron chi connectivity index (χ3n) is 4.86. The van der Waals surface area contributed by atoms with Crippen molar-refractivity contribution in [1.82, 2.24) is 25.1 Å². The number of aromatic nitrogens is 4. The predicted octanol–water partition coefficient (Wildman–Crippen LogP) is 2.67. The third kappa shape index (κ3) is 3.32. The molecule has 2 aromatic heterocycles. The lowest BCUT2D eigenvalue weighted by Gasteiger charge is -2.27. The van der Waals surface area contributed by atoms with Gasteiger partial charge in [0.05, 0.1) is 23.1 Å². The van der Waals surface area contributed by atoms with E-state index in [4.69, 9.17) is 0 Å². The van der Waals surface area contributed by atoms with Gasteiger partial charge in [0.25, 0.3) is 5.56 Å². The molecule has 0 aliphatic carbocycles. The van der Waals surface area contributed by atoms with Gasteiger partial charge in [0, 0.05) is 38.0 Å². The topological polar surface area (TPSA) is 77.7 Å². The van der Waals surface area contributed by atoms with E-state index in [1.807, 2.05) is 24.4 Å². The Kier molecular flexibility index (Phi) is 4.67. The number of hydrogen-bond donors (Lipinski definition) is 2. The molecule has 4 rings (SSSR count). The second-order valence-corrected chi connectivity index (χ2v) is 6.78. The van der Waals surface area contributed by atoms with Crippen molar-refractivity contribution >= 4 is 0 Å². The van der Waals surface area contributed by atoms with Crippen molar-refractivity contribution in [3.63, 3.8) is 0 Å². The smallest absolute Gasteiger partial charge is 0.255 e. The van der Waals surface area contributed by atoms with E-state index >= 15 is 0 Å². The average molecular weight is 349 g/mol. The van der Waals surface area contributed by atoms with Crippen molar-refractivity contribution in [3.8, 4) is 11.3 Å². The molecule has 0 saturated heterocycles. The number of nitrogens with one attached hydrogen (secondary N) is 2. The van der Waals surface area contributed by atoms with Gasteiger partial charge in [0.2, 0.25) is 0 Å². The molecular weight excluding hydrogens is 326 g/mol. The van der Waals surface area contributed by atoms with Crippen LogP contribution >= 0.6 is 0 Å². The lowest BCUT2D eigenvalue weighted by Crippen LogP contribution is -2.35. The van der Waals surface area contributed by atoms with Crippen LogP contribution in [0.15, 0.2) is 41.3 Å². The summed E-state index contributed by atoms with van der Waals surface area (Å²) in [4.78, 5) is 22.3. The van der Waals surface area contributed by atoms with Crippen LogP contribution < -0.4 is 5.56 Å². The Morgan fingerprint density at radius 2 is 2.08 bits per heavy atom. The van der Waals surface area contributed by atoms with Crippen LogP contribution in [0.2, 0.25) is 0 Å². The first-order chi connectivity index (χ1) is 12.7. The van der Waals surface area contributed by atoms with E-state index in [-0.39, 0.29) is 5.56 Å². The Balaban J connectivity index is 1.54. The van der Waals surface area contributed by atoms with Crippen LogP contribution in [0, 0.1) is 0 Å². The molecule has 3 aromatic rings. The van der Waals surface area contributed by atoms with E-state index in [9.17, 15) is 4.79 Å². The largest absolute Gasteiger partial charge is 0.310 e. The van der Waals surface area contributed by atoms with Crippen LogP contribution in [0.3, 0.4) is 0 Å². The summed E-state index contributed by atoms with van der Waals surface area (Å²) in [7, 11) is 0. The highest BCUT2D eigenvalue weighted by molar-refractivity contribution is 5.62. The van der Waals surface area contributed by atoms with Crippen molar-refractivity contribution in [3.05, 3.63) is 69.5 Å². The highest BCUT2D eigenvalue weighted by Crippen LogP contribution is 2.24. The fourth-order valence-corrected chi connectivity index (χ4v) is 3.55. The molecule has 0 spiro atoms. The minimum absolute atomic E-state index is 0.0126. The van der Waals surface area contributed by atoms with Crippen LogP contribution in [-0.2, 0) is 25.9 Å². The molecule has 0 radical (unpaired) electrons. The van der Waals surface area contributed by atoms with Gasteiger partial charge in [-0.05, 0) is 12.0 Å². The first kappa shape index (κ1) is 16.7. The summed E-state index contributed by atoms with van der Waals surface area (Å²) in [5.41, 5.74) is 5.10.